The van der Waals surface area contributed by atoms with Gasteiger partial charge in [-0.05, 0) is 12.1 Å². The number of hydrogen-bond donors (Lipinski definition) is 2. The van der Waals surface area contributed by atoms with Crippen LogP contribution in [0.2, 0.25) is 0 Å². The maximum absolute atomic E-state index is 11.9. The number of fused-ring (bicyclic) bond motifs is 1. The van der Waals surface area contributed by atoms with Crippen LogP contribution in [0.3, 0.4) is 0 Å². The highest BCUT2D eigenvalue weighted by Gasteiger charge is 2.17. The molecule has 1 aromatic carbocycles. The van der Waals surface area contributed by atoms with Gasteiger partial charge in [-0.25, -0.2) is 14.4 Å². The second-order valence-corrected chi connectivity index (χ2v) is 4.61. The third-order valence-electron chi connectivity index (χ3n) is 2.86. The molecule has 2 rings (SSSR count). The minimum absolute atomic E-state index is 0.178. The molecule has 2 aromatic rings. The maximum Gasteiger partial charge on any atom is 0.351 e. The Bertz CT molecular complexity index is 855. The van der Waals surface area contributed by atoms with Crippen molar-refractivity contribution in [3.05, 3.63) is 59.0 Å². The Hall–Kier alpha value is -3.42. The van der Waals surface area contributed by atoms with E-state index in [-0.39, 0.29) is 12.1 Å². The van der Waals surface area contributed by atoms with E-state index < -0.39 is 30.1 Å². The molecule has 8 heteroatoms. The average molecular weight is 330 g/mol. The molecule has 1 heterocycles. The average Bonchev–Trinajstić information content (AvgIpc) is 2.57. The van der Waals surface area contributed by atoms with Crippen LogP contribution in [0.4, 0.5) is 4.79 Å². The lowest BCUT2D eigenvalue weighted by Crippen LogP contribution is -2.41. The first-order valence-corrected chi connectivity index (χ1v) is 6.90. The first kappa shape index (κ1) is 16.9. The Balaban J connectivity index is 1.99. The summed E-state index contributed by atoms with van der Waals surface area (Å²) in [5, 5.41) is 4.81. The number of benzene rings is 1. The van der Waals surface area contributed by atoms with Crippen LogP contribution < -0.4 is 16.3 Å². The van der Waals surface area contributed by atoms with Crippen LogP contribution in [0.1, 0.15) is 10.4 Å². The third-order valence-corrected chi connectivity index (χ3v) is 2.86. The van der Waals surface area contributed by atoms with E-state index in [9.17, 15) is 19.2 Å². The van der Waals surface area contributed by atoms with Gasteiger partial charge in [0.2, 0.25) is 0 Å². The van der Waals surface area contributed by atoms with Gasteiger partial charge in [-0.1, -0.05) is 24.3 Å². The second kappa shape index (κ2) is 7.73. The standard InChI is InChI=1S/C16H14N2O6/c1-2-7-17-16(22)18-13(19)9-23-14(20)11-8-10-5-3-4-6-12(10)24-15(11)21/h2-6,8H,1,7,9H2,(H2,17,18,19,22). The van der Waals surface area contributed by atoms with Crippen LogP contribution >= 0.6 is 0 Å². The van der Waals surface area contributed by atoms with Gasteiger partial charge in [-0.15, -0.1) is 6.58 Å². The lowest BCUT2D eigenvalue weighted by Gasteiger charge is -2.06. The molecular weight excluding hydrogens is 316 g/mol. The molecule has 0 saturated carbocycles. The van der Waals surface area contributed by atoms with E-state index in [0.717, 1.165) is 0 Å². The summed E-state index contributed by atoms with van der Waals surface area (Å²) in [5.74, 6) is -1.86. The van der Waals surface area contributed by atoms with E-state index in [4.69, 9.17) is 9.15 Å². The van der Waals surface area contributed by atoms with Crippen molar-refractivity contribution in [1.82, 2.24) is 10.6 Å². The van der Waals surface area contributed by atoms with E-state index >= 15 is 0 Å². The quantitative estimate of drug-likeness (QED) is 0.479. The first-order chi connectivity index (χ1) is 11.5. The summed E-state index contributed by atoms with van der Waals surface area (Å²) < 4.78 is 9.71. The number of rotatable bonds is 5. The molecule has 1 aromatic heterocycles. The number of imide groups is 1. The molecular formula is C16H14N2O6. The molecule has 0 aliphatic carbocycles. The van der Waals surface area contributed by atoms with Crippen molar-refractivity contribution >= 4 is 28.9 Å². The SMILES string of the molecule is C=CCNC(=O)NC(=O)COC(=O)c1cc2ccccc2oc1=O. The number of amides is 3. The molecule has 0 unspecified atom stereocenters. The molecule has 2 N–H and O–H groups in total. The first-order valence-electron chi connectivity index (χ1n) is 6.90. The maximum atomic E-state index is 11.9. The van der Waals surface area contributed by atoms with Gasteiger partial charge >= 0.3 is 17.6 Å². The number of nitrogens with one attached hydrogen (secondary N) is 2. The summed E-state index contributed by atoms with van der Waals surface area (Å²) in [5.41, 5.74) is -0.879. The molecule has 0 bridgehead atoms. The summed E-state index contributed by atoms with van der Waals surface area (Å²) in [6.45, 7) is 2.86. The highest BCUT2D eigenvalue weighted by Crippen LogP contribution is 2.12. The number of ether oxygens (including phenoxy) is 1. The summed E-state index contributed by atoms with van der Waals surface area (Å²) in [4.78, 5) is 46.4. The fourth-order valence-electron chi connectivity index (χ4n) is 1.78. The van der Waals surface area contributed by atoms with E-state index in [2.05, 4.69) is 11.9 Å². The summed E-state index contributed by atoms with van der Waals surface area (Å²) in [6, 6.07) is 7.21. The predicted molar refractivity (Wildman–Crippen MR) is 84.5 cm³/mol. The van der Waals surface area contributed by atoms with Crippen molar-refractivity contribution in [2.24, 2.45) is 0 Å². The number of esters is 1. The van der Waals surface area contributed by atoms with Gasteiger partial charge in [0.1, 0.15) is 11.1 Å². The van der Waals surface area contributed by atoms with Gasteiger partial charge in [0.15, 0.2) is 6.61 Å². The Morgan fingerprint density at radius 2 is 2.00 bits per heavy atom. The highest BCUT2D eigenvalue weighted by molar-refractivity contribution is 5.97. The lowest BCUT2D eigenvalue weighted by molar-refractivity contribution is -0.123. The summed E-state index contributed by atoms with van der Waals surface area (Å²) >= 11 is 0. The van der Waals surface area contributed by atoms with Crippen molar-refractivity contribution in [2.75, 3.05) is 13.2 Å². The number of hydrogen-bond acceptors (Lipinski definition) is 6. The normalized spacial score (nSPS) is 10.0. The van der Waals surface area contributed by atoms with E-state index in [1.807, 2.05) is 5.32 Å². The van der Waals surface area contributed by atoms with Crippen LogP contribution in [-0.4, -0.2) is 31.1 Å². The summed E-state index contributed by atoms with van der Waals surface area (Å²) in [7, 11) is 0. The van der Waals surface area contributed by atoms with Crippen molar-refractivity contribution < 1.29 is 23.5 Å². The smallest absolute Gasteiger partial charge is 0.351 e. The third kappa shape index (κ3) is 4.29. The number of para-hydroxylation sites is 1. The molecule has 24 heavy (non-hydrogen) atoms. The zero-order chi connectivity index (χ0) is 17.5. The van der Waals surface area contributed by atoms with E-state index in [1.165, 1.54) is 12.1 Å². The minimum Gasteiger partial charge on any atom is -0.452 e. The molecule has 124 valence electrons. The highest BCUT2D eigenvalue weighted by atomic mass is 16.5. The Kier molecular flexibility index (Phi) is 5.45. The van der Waals surface area contributed by atoms with Crippen molar-refractivity contribution in [1.29, 1.82) is 0 Å². The van der Waals surface area contributed by atoms with Gasteiger partial charge in [-0.2, -0.15) is 0 Å². The van der Waals surface area contributed by atoms with Gasteiger partial charge in [0.05, 0.1) is 0 Å². The Labute approximate surface area is 136 Å². The van der Waals surface area contributed by atoms with Crippen LogP contribution in [0, 0.1) is 0 Å². The molecule has 8 nitrogen and oxygen atoms in total. The van der Waals surface area contributed by atoms with Crippen molar-refractivity contribution in [3.8, 4) is 0 Å². The minimum atomic E-state index is -1.02. The van der Waals surface area contributed by atoms with Gasteiger partial charge in [-0.3, -0.25) is 10.1 Å². The van der Waals surface area contributed by atoms with E-state index in [0.29, 0.717) is 11.0 Å². The zero-order valence-corrected chi connectivity index (χ0v) is 12.5. The zero-order valence-electron chi connectivity index (χ0n) is 12.5. The van der Waals surface area contributed by atoms with Crippen LogP contribution in [0.15, 0.2) is 52.2 Å². The number of carbonyl (C=O) groups is 3. The molecule has 3 amide bonds. The fourth-order valence-corrected chi connectivity index (χ4v) is 1.78. The van der Waals surface area contributed by atoms with Gasteiger partial charge in [0, 0.05) is 11.9 Å². The van der Waals surface area contributed by atoms with Crippen LogP contribution in [-0.2, 0) is 9.53 Å². The van der Waals surface area contributed by atoms with Crippen LogP contribution in [0.25, 0.3) is 11.0 Å². The molecule has 0 atom stereocenters. The molecule has 0 radical (unpaired) electrons. The van der Waals surface area contributed by atoms with Crippen molar-refractivity contribution in [2.45, 2.75) is 0 Å². The second-order valence-electron chi connectivity index (χ2n) is 4.61. The molecule has 0 aliphatic rings. The molecule has 0 aliphatic heterocycles. The topological polar surface area (TPSA) is 115 Å². The number of carbonyl (C=O) groups excluding carboxylic acids is 3. The molecule has 0 saturated heterocycles. The Morgan fingerprint density at radius 1 is 1.25 bits per heavy atom. The van der Waals surface area contributed by atoms with Gasteiger partial charge in [0.25, 0.3) is 5.91 Å². The monoisotopic (exact) mass is 330 g/mol. The van der Waals surface area contributed by atoms with Gasteiger partial charge < -0.3 is 14.5 Å². The van der Waals surface area contributed by atoms with Crippen LogP contribution in [0.5, 0.6) is 0 Å². The fraction of sp³-hybridized carbons (Fsp3) is 0.125. The lowest BCUT2D eigenvalue weighted by atomic mass is 10.2. The molecule has 0 fully saturated rings. The summed E-state index contributed by atoms with van der Waals surface area (Å²) in [6.07, 6.45) is 1.43. The Morgan fingerprint density at radius 3 is 2.75 bits per heavy atom. The van der Waals surface area contributed by atoms with Crippen molar-refractivity contribution in [3.63, 3.8) is 0 Å². The number of urea groups is 1. The largest absolute Gasteiger partial charge is 0.452 e. The molecule has 0 spiro atoms. The van der Waals surface area contributed by atoms with E-state index in [1.54, 1.807) is 24.3 Å². The predicted octanol–water partition coefficient (Wildman–Crippen LogP) is 0.962.